The van der Waals surface area contributed by atoms with E-state index >= 15 is 0 Å². The SMILES string of the molecule is COc1ccc(-c2cn3c(-c4nc(-c5ccccc5)cs4)csc3n2)cc1. The third-order valence-corrected chi connectivity index (χ3v) is 6.09. The summed E-state index contributed by atoms with van der Waals surface area (Å²) in [5.74, 6) is 0.844. The second-order valence-corrected chi connectivity index (χ2v) is 7.73. The molecule has 0 aliphatic rings. The van der Waals surface area contributed by atoms with Crippen molar-refractivity contribution in [1.29, 1.82) is 0 Å². The molecule has 0 fully saturated rings. The van der Waals surface area contributed by atoms with Crippen molar-refractivity contribution in [2.75, 3.05) is 7.11 Å². The average Bonchev–Trinajstić information content (AvgIpc) is 3.44. The molecule has 0 aliphatic heterocycles. The minimum Gasteiger partial charge on any atom is -0.497 e. The standard InChI is InChI=1S/C21H15N3OS2/c1-25-16-9-7-15(8-10-16)17-11-24-19(13-27-21(24)23-17)20-22-18(12-26-20)14-5-3-2-4-6-14/h2-13H,1H3. The van der Waals surface area contributed by atoms with Crippen molar-refractivity contribution in [2.24, 2.45) is 0 Å². The molecular weight excluding hydrogens is 374 g/mol. The largest absolute Gasteiger partial charge is 0.497 e. The van der Waals surface area contributed by atoms with Gasteiger partial charge in [0.15, 0.2) is 4.96 Å². The van der Waals surface area contributed by atoms with Crippen molar-refractivity contribution in [1.82, 2.24) is 14.4 Å². The highest BCUT2D eigenvalue weighted by Crippen LogP contribution is 2.33. The lowest BCUT2D eigenvalue weighted by atomic mass is 10.2. The molecule has 5 aromatic rings. The number of thiazole rings is 2. The molecule has 0 spiro atoms. The van der Waals surface area contributed by atoms with Gasteiger partial charge in [-0.1, -0.05) is 30.3 Å². The fourth-order valence-electron chi connectivity index (χ4n) is 2.97. The maximum Gasteiger partial charge on any atom is 0.194 e. The van der Waals surface area contributed by atoms with E-state index in [-0.39, 0.29) is 0 Å². The first-order valence-corrected chi connectivity index (χ1v) is 10.2. The summed E-state index contributed by atoms with van der Waals surface area (Å²) < 4.78 is 7.36. The Labute approximate surface area is 164 Å². The highest BCUT2D eigenvalue weighted by molar-refractivity contribution is 7.16. The van der Waals surface area contributed by atoms with Crippen LogP contribution < -0.4 is 4.74 Å². The molecule has 132 valence electrons. The minimum absolute atomic E-state index is 0.844. The van der Waals surface area contributed by atoms with E-state index in [1.807, 2.05) is 42.5 Å². The number of benzene rings is 2. The molecule has 0 atom stereocenters. The number of methoxy groups -OCH3 is 1. The van der Waals surface area contributed by atoms with E-state index in [0.717, 1.165) is 43.9 Å². The number of ether oxygens (including phenoxy) is 1. The summed E-state index contributed by atoms with van der Waals surface area (Å²) in [5, 5.41) is 5.22. The number of hydrogen-bond acceptors (Lipinski definition) is 5. The lowest BCUT2D eigenvalue weighted by Gasteiger charge is -2.00. The third kappa shape index (κ3) is 2.93. The maximum absolute atomic E-state index is 5.23. The van der Waals surface area contributed by atoms with E-state index in [1.54, 1.807) is 29.8 Å². The molecular formula is C21H15N3OS2. The van der Waals surface area contributed by atoms with Crippen molar-refractivity contribution >= 4 is 27.6 Å². The first-order chi connectivity index (χ1) is 13.3. The molecule has 3 aromatic heterocycles. The molecule has 0 bridgehead atoms. The lowest BCUT2D eigenvalue weighted by Crippen LogP contribution is -1.84. The zero-order valence-corrected chi connectivity index (χ0v) is 16.1. The third-order valence-electron chi connectivity index (χ3n) is 4.39. The summed E-state index contributed by atoms with van der Waals surface area (Å²) in [7, 11) is 1.67. The summed E-state index contributed by atoms with van der Waals surface area (Å²) in [4.78, 5) is 10.6. The number of rotatable bonds is 4. The van der Waals surface area contributed by atoms with Crippen LogP contribution in [-0.4, -0.2) is 21.5 Å². The summed E-state index contributed by atoms with van der Waals surface area (Å²) in [6.45, 7) is 0. The van der Waals surface area contributed by atoms with Crippen molar-refractivity contribution in [3.63, 3.8) is 0 Å². The van der Waals surface area contributed by atoms with Gasteiger partial charge in [0.25, 0.3) is 0 Å². The Hall–Kier alpha value is -2.96. The molecule has 0 saturated heterocycles. The van der Waals surface area contributed by atoms with Gasteiger partial charge in [0.1, 0.15) is 10.8 Å². The summed E-state index contributed by atoms with van der Waals surface area (Å²) in [5.41, 5.74) is 5.24. The highest BCUT2D eigenvalue weighted by Gasteiger charge is 2.14. The van der Waals surface area contributed by atoms with Crippen LogP contribution in [0.2, 0.25) is 0 Å². The summed E-state index contributed by atoms with van der Waals surface area (Å²) >= 11 is 3.29. The minimum atomic E-state index is 0.844. The van der Waals surface area contributed by atoms with Crippen molar-refractivity contribution in [3.8, 4) is 39.0 Å². The molecule has 0 saturated carbocycles. The van der Waals surface area contributed by atoms with Crippen LogP contribution in [0.4, 0.5) is 0 Å². The van der Waals surface area contributed by atoms with Crippen LogP contribution in [0, 0.1) is 0 Å². The molecule has 27 heavy (non-hydrogen) atoms. The second-order valence-electron chi connectivity index (χ2n) is 6.03. The average molecular weight is 390 g/mol. The van der Waals surface area contributed by atoms with Gasteiger partial charge in [0, 0.05) is 28.1 Å². The number of nitrogens with zero attached hydrogens (tertiary/aromatic N) is 3. The van der Waals surface area contributed by atoms with Crippen LogP contribution in [0.15, 0.2) is 71.6 Å². The molecule has 4 nitrogen and oxygen atoms in total. The number of fused-ring (bicyclic) bond motifs is 1. The molecule has 0 unspecified atom stereocenters. The van der Waals surface area contributed by atoms with E-state index in [1.165, 1.54) is 0 Å². The first kappa shape index (κ1) is 16.2. The zero-order chi connectivity index (χ0) is 18.2. The Kier molecular flexibility index (Phi) is 3.99. The van der Waals surface area contributed by atoms with Crippen LogP contribution in [0.1, 0.15) is 0 Å². The number of aromatic nitrogens is 3. The van der Waals surface area contributed by atoms with Gasteiger partial charge in [0.2, 0.25) is 0 Å². The lowest BCUT2D eigenvalue weighted by molar-refractivity contribution is 0.415. The molecule has 2 aromatic carbocycles. The number of hydrogen-bond donors (Lipinski definition) is 0. The topological polar surface area (TPSA) is 39.4 Å². The van der Waals surface area contributed by atoms with E-state index in [0.29, 0.717) is 0 Å². The van der Waals surface area contributed by atoms with Gasteiger partial charge in [-0.25, -0.2) is 9.97 Å². The van der Waals surface area contributed by atoms with E-state index in [2.05, 4.69) is 33.5 Å². The van der Waals surface area contributed by atoms with Crippen LogP contribution in [-0.2, 0) is 0 Å². The van der Waals surface area contributed by atoms with Gasteiger partial charge in [-0.3, -0.25) is 4.40 Å². The van der Waals surface area contributed by atoms with Crippen molar-refractivity contribution in [2.45, 2.75) is 0 Å². The smallest absolute Gasteiger partial charge is 0.194 e. The van der Waals surface area contributed by atoms with Crippen LogP contribution >= 0.6 is 22.7 Å². The fraction of sp³-hybridized carbons (Fsp3) is 0.0476. The molecule has 5 rings (SSSR count). The van der Waals surface area contributed by atoms with Crippen LogP contribution in [0.25, 0.3) is 38.2 Å². The van der Waals surface area contributed by atoms with E-state index in [4.69, 9.17) is 14.7 Å². The van der Waals surface area contributed by atoms with Crippen molar-refractivity contribution in [3.05, 3.63) is 71.6 Å². The predicted octanol–water partition coefficient (Wildman–Crippen LogP) is 5.86. The monoisotopic (exact) mass is 389 g/mol. The van der Waals surface area contributed by atoms with Crippen LogP contribution in [0.3, 0.4) is 0 Å². The Bertz CT molecular complexity index is 1200. The molecule has 0 radical (unpaired) electrons. The Morgan fingerprint density at radius 2 is 1.59 bits per heavy atom. The van der Waals surface area contributed by atoms with Gasteiger partial charge >= 0.3 is 0 Å². The van der Waals surface area contributed by atoms with Gasteiger partial charge < -0.3 is 4.74 Å². The first-order valence-electron chi connectivity index (χ1n) is 8.44. The number of imidazole rings is 1. The summed E-state index contributed by atoms with van der Waals surface area (Å²) in [6, 6.07) is 18.2. The maximum atomic E-state index is 5.23. The molecule has 3 heterocycles. The molecule has 0 aliphatic carbocycles. The Morgan fingerprint density at radius 3 is 2.37 bits per heavy atom. The molecule has 0 amide bonds. The molecule has 6 heteroatoms. The van der Waals surface area contributed by atoms with Gasteiger partial charge in [-0.2, -0.15) is 0 Å². The van der Waals surface area contributed by atoms with Crippen molar-refractivity contribution < 1.29 is 4.74 Å². The van der Waals surface area contributed by atoms with Gasteiger partial charge in [0.05, 0.1) is 24.2 Å². The highest BCUT2D eigenvalue weighted by atomic mass is 32.1. The zero-order valence-electron chi connectivity index (χ0n) is 14.5. The fourth-order valence-corrected chi connectivity index (χ4v) is 4.75. The predicted molar refractivity (Wildman–Crippen MR) is 112 cm³/mol. The normalized spacial score (nSPS) is 11.1. The molecule has 0 N–H and O–H groups in total. The van der Waals surface area contributed by atoms with E-state index in [9.17, 15) is 0 Å². The summed E-state index contributed by atoms with van der Waals surface area (Å²) in [6.07, 6.45) is 2.08. The van der Waals surface area contributed by atoms with Gasteiger partial charge in [-0.05, 0) is 24.3 Å². The Morgan fingerprint density at radius 1 is 0.815 bits per heavy atom. The second kappa shape index (κ2) is 6.64. The Balaban J connectivity index is 1.53. The van der Waals surface area contributed by atoms with Gasteiger partial charge in [-0.15, -0.1) is 22.7 Å². The quantitative estimate of drug-likeness (QED) is 0.386. The van der Waals surface area contributed by atoms with E-state index < -0.39 is 0 Å². The van der Waals surface area contributed by atoms with Crippen LogP contribution in [0.5, 0.6) is 5.75 Å².